The van der Waals surface area contributed by atoms with Gasteiger partial charge < -0.3 is 14.5 Å². The van der Waals surface area contributed by atoms with Gasteiger partial charge in [0.2, 0.25) is 0 Å². The quantitative estimate of drug-likeness (QED) is 0.166. The largest absolute Gasteiger partial charge is 0.493 e. The third kappa shape index (κ3) is 11.1. The van der Waals surface area contributed by atoms with Gasteiger partial charge in [-0.2, -0.15) is 0 Å². The molecular weight excluding hydrogens is 423 g/mol. The van der Waals surface area contributed by atoms with Crippen molar-refractivity contribution in [3.05, 3.63) is 29.8 Å². The summed E-state index contributed by atoms with van der Waals surface area (Å²) in [6, 6.07) is 8.79. The molecule has 3 nitrogen and oxygen atoms in total. The van der Waals surface area contributed by atoms with Gasteiger partial charge in [0.1, 0.15) is 5.75 Å². The minimum atomic E-state index is -0.806. The molecule has 1 aliphatic rings. The number of unbranched alkanes of at least 4 members (excludes halogenated alkanes) is 3. The number of piperazine rings is 1. The van der Waals surface area contributed by atoms with Crippen LogP contribution in [0, 0.1) is 0 Å². The lowest BCUT2D eigenvalue weighted by Gasteiger charge is -2.32. The maximum Gasteiger partial charge on any atom is 0.122 e. The second-order valence-corrected chi connectivity index (χ2v) is 14.8. The number of benzene rings is 1. The van der Waals surface area contributed by atoms with Crippen LogP contribution in [0.1, 0.15) is 77.7 Å². The maximum atomic E-state index is 6.40. The summed E-state index contributed by atoms with van der Waals surface area (Å²) in [6.07, 6.45) is 17.9. The SMILES string of the molecule is CCCC[P+](CCCC)(CCCC)CCCOc1ccccc1CCCN1CCN(C)CC1. The molecule has 0 atom stereocenters. The predicted molar refractivity (Wildman–Crippen MR) is 150 cm³/mol. The summed E-state index contributed by atoms with van der Waals surface area (Å²) in [5.41, 5.74) is 1.40. The Kier molecular flexibility index (Phi) is 14.7. The van der Waals surface area contributed by atoms with Crippen LogP contribution in [-0.4, -0.2) is 80.8 Å². The number of para-hydroxylation sites is 1. The Balaban J connectivity index is 1.82. The van der Waals surface area contributed by atoms with Gasteiger partial charge in [-0.25, -0.2) is 0 Å². The number of aryl methyl sites for hydroxylation is 1. The van der Waals surface area contributed by atoms with Gasteiger partial charge in [-0.15, -0.1) is 0 Å². The van der Waals surface area contributed by atoms with Crippen LogP contribution in [0.15, 0.2) is 24.3 Å². The minimum absolute atomic E-state index is 0.806. The molecule has 1 fully saturated rings. The normalized spacial score (nSPS) is 15.8. The van der Waals surface area contributed by atoms with E-state index in [4.69, 9.17) is 4.74 Å². The van der Waals surface area contributed by atoms with Crippen LogP contribution in [0.3, 0.4) is 0 Å². The van der Waals surface area contributed by atoms with Gasteiger partial charge in [-0.3, -0.25) is 0 Å². The molecule has 0 amide bonds. The molecule has 2 rings (SSSR count). The molecule has 1 heterocycles. The number of nitrogens with zero attached hydrogens (tertiary/aromatic N) is 2. The summed E-state index contributed by atoms with van der Waals surface area (Å²) in [5, 5.41) is 0. The number of hydrogen-bond acceptors (Lipinski definition) is 3. The van der Waals surface area contributed by atoms with Gasteiger partial charge in [0, 0.05) is 39.9 Å². The van der Waals surface area contributed by atoms with Gasteiger partial charge in [-0.1, -0.05) is 58.2 Å². The van der Waals surface area contributed by atoms with Gasteiger partial charge >= 0.3 is 0 Å². The average molecular weight is 478 g/mol. The fourth-order valence-electron chi connectivity index (χ4n) is 5.15. The highest BCUT2D eigenvalue weighted by molar-refractivity contribution is 7.75. The fourth-order valence-corrected chi connectivity index (χ4v) is 10.3. The topological polar surface area (TPSA) is 15.7 Å². The molecule has 1 saturated heterocycles. The number of likely N-dealkylation sites (N-methyl/N-ethyl adjacent to an activating group) is 1. The Hall–Kier alpha value is -0.630. The molecule has 1 aromatic carbocycles. The van der Waals surface area contributed by atoms with E-state index in [2.05, 4.69) is 61.9 Å². The van der Waals surface area contributed by atoms with Gasteiger partial charge in [0.05, 0.1) is 31.3 Å². The monoisotopic (exact) mass is 477 g/mol. The van der Waals surface area contributed by atoms with Crippen molar-refractivity contribution < 1.29 is 4.74 Å². The second-order valence-electron chi connectivity index (χ2n) is 10.4. The van der Waals surface area contributed by atoms with Crippen LogP contribution in [0.2, 0.25) is 0 Å². The first-order valence-corrected chi connectivity index (χ1v) is 16.6. The molecule has 0 spiro atoms. The lowest BCUT2D eigenvalue weighted by Crippen LogP contribution is -2.44. The smallest absolute Gasteiger partial charge is 0.122 e. The van der Waals surface area contributed by atoms with Crippen LogP contribution in [0.5, 0.6) is 5.75 Å². The third-order valence-corrected chi connectivity index (χ3v) is 12.5. The molecule has 0 N–H and O–H groups in total. The Morgan fingerprint density at radius 1 is 0.758 bits per heavy atom. The van der Waals surface area contributed by atoms with Crippen LogP contribution >= 0.6 is 7.26 Å². The molecule has 1 aliphatic heterocycles. The van der Waals surface area contributed by atoms with Crippen molar-refractivity contribution in [3.8, 4) is 5.75 Å². The molecule has 0 saturated carbocycles. The zero-order valence-electron chi connectivity index (χ0n) is 22.5. The lowest BCUT2D eigenvalue weighted by molar-refractivity contribution is 0.153. The lowest BCUT2D eigenvalue weighted by atomic mass is 10.1. The summed E-state index contributed by atoms with van der Waals surface area (Å²) in [7, 11) is 1.42. The Morgan fingerprint density at radius 3 is 1.94 bits per heavy atom. The first-order chi connectivity index (χ1) is 16.1. The molecule has 190 valence electrons. The number of hydrogen-bond donors (Lipinski definition) is 0. The van der Waals surface area contributed by atoms with Crippen molar-refractivity contribution in [1.82, 2.24) is 9.80 Å². The van der Waals surface area contributed by atoms with E-state index in [1.54, 1.807) is 0 Å². The molecule has 4 heteroatoms. The standard InChI is InChI=1S/C29H54N2OP/c1-5-8-24-33(25-9-6-2,26-10-7-3)27-14-23-32-29-17-12-11-15-28(29)16-13-18-31-21-19-30(4)20-22-31/h11-12,15,17H,5-10,13-14,16,18-27H2,1-4H3/q+1. The molecule has 0 bridgehead atoms. The highest BCUT2D eigenvalue weighted by Gasteiger charge is 2.34. The summed E-state index contributed by atoms with van der Waals surface area (Å²) in [4.78, 5) is 5.05. The number of rotatable bonds is 18. The Bertz CT molecular complexity index is 594. The highest BCUT2D eigenvalue weighted by Crippen LogP contribution is 2.61. The van der Waals surface area contributed by atoms with Crippen molar-refractivity contribution in [2.45, 2.75) is 78.6 Å². The van der Waals surface area contributed by atoms with Crippen molar-refractivity contribution >= 4 is 7.26 Å². The van der Waals surface area contributed by atoms with Crippen molar-refractivity contribution in [3.63, 3.8) is 0 Å². The first kappa shape index (κ1) is 28.6. The average Bonchev–Trinajstić information content (AvgIpc) is 2.84. The zero-order chi connectivity index (χ0) is 23.8. The van der Waals surface area contributed by atoms with Crippen LogP contribution in [-0.2, 0) is 6.42 Å². The zero-order valence-corrected chi connectivity index (χ0v) is 23.4. The number of ether oxygens (including phenoxy) is 1. The van der Waals surface area contributed by atoms with Gasteiger partial charge in [0.25, 0.3) is 0 Å². The fraction of sp³-hybridized carbons (Fsp3) is 0.793. The van der Waals surface area contributed by atoms with Crippen molar-refractivity contribution in [2.24, 2.45) is 0 Å². The molecular formula is C29H54N2OP+. The summed E-state index contributed by atoms with van der Waals surface area (Å²) >= 11 is 0. The summed E-state index contributed by atoms with van der Waals surface area (Å²) in [6.45, 7) is 14.0. The third-order valence-electron chi connectivity index (χ3n) is 7.48. The first-order valence-electron chi connectivity index (χ1n) is 14.1. The molecule has 33 heavy (non-hydrogen) atoms. The molecule has 0 radical (unpaired) electrons. The summed E-state index contributed by atoms with van der Waals surface area (Å²) < 4.78 is 6.40. The van der Waals surface area contributed by atoms with Crippen LogP contribution in [0.4, 0.5) is 0 Å². The van der Waals surface area contributed by atoms with E-state index in [-0.39, 0.29) is 0 Å². The minimum Gasteiger partial charge on any atom is -0.493 e. The van der Waals surface area contributed by atoms with E-state index in [1.165, 1.54) is 114 Å². The molecule has 1 aromatic rings. The van der Waals surface area contributed by atoms with Crippen molar-refractivity contribution in [1.29, 1.82) is 0 Å². The maximum absolute atomic E-state index is 6.40. The van der Waals surface area contributed by atoms with Crippen molar-refractivity contribution in [2.75, 3.05) is 71.0 Å². The highest BCUT2D eigenvalue weighted by atomic mass is 31.2. The Labute approximate surface area is 207 Å². The van der Waals surface area contributed by atoms with E-state index < -0.39 is 7.26 Å². The van der Waals surface area contributed by atoms with E-state index in [0.717, 1.165) is 18.8 Å². The second kappa shape index (κ2) is 16.9. The van der Waals surface area contributed by atoms with E-state index in [0.29, 0.717) is 0 Å². The van der Waals surface area contributed by atoms with Crippen LogP contribution < -0.4 is 4.74 Å². The van der Waals surface area contributed by atoms with Gasteiger partial charge in [0.15, 0.2) is 0 Å². The van der Waals surface area contributed by atoms with Gasteiger partial charge in [-0.05, 0) is 57.3 Å². The van der Waals surface area contributed by atoms with E-state index in [1.807, 2.05) is 0 Å². The predicted octanol–water partition coefficient (Wildman–Crippen LogP) is 7.05. The Morgan fingerprint density at radius 2 is 1.33 bits per heavy atom. The molecule has 0 unspecified atom stereocenters. The molecule has 0 aromatic heterocycles. The van der Waals surface area contributed by atoms with E-state index in [9.17, 15) is 0 Å². The van der Waals surface area contributed by atoms with Crippen LogP contribution in [0.25, 0.3) is 0 Å². The molecule has 0 aliphatic carbocycles. The van der Waals surface area contributed by atoms with E-state index >= 15 is 0 Å². The summed E-state index contributed by atoms with van der Waals surface area (Å²) in [5.74, 6) is 1.13.